The van der Waals surface area contributed by atoms with Crippen molar-refractivity contribution >= 4 is 5.69 Å². The minimum atomic E-state index is -0.408. The third kappa shape index (κ3) is 3.74. The van der Waals surface area contributed by atoms with E-state index in [0.717, 1.165) is 18.5 Å². The van der Waals surface area contributed by atoms with Gasteiger partial charge in [0.1, 0.15) is 0 Å². The average Bonchev–Trinajstić information content (AvgIpc) is 2.39. The number of aliphatic hydroxyl groups excluding tert-OH is 1. The second-order valence-electron chi connectivity index (χ2n) is 5.04. The smallest absolute Gasteiger partial charge is 0.0781 e. The topological polar surface area (TPSA) is 23.5 Å². The summed E-state index contributed by atoms with van der Waals surface area (Å²) >= 11 is 0. The van der Waals surface area contributed by atoms with Crippen LogP contribution < -0.4 is 4.90 Å². The molecule has 2 atom stereocenters. The highest BCUT2D eigenvalue weighted by molar-refractivity contribution is 5.55. The van der Waals surface area contributed by atoms with Crippen molar-refractivity contribution in [1.82, 2.24) is 0 Å². The maximum Gasteiger partial charge on any atom is 0.0781 e. The molecule has 0 bridgehead atoms. The summed E-state index contributed by atoms with van der Waals surface area (Å²) in [6.45, 7) is 9.60. The van der Waals surface area contributed by atoms with Crippen molar-refractivity contribution in [2.75, 3.05) is 11.4 Å². The predicted octanol–water partition coefficient (Wildman–Crippen LogP) is 4.14. The summed E-state index contributed by atoms with van der Waals surface area (Å²) in [5.41, 5.74) is 2.23. The third-order valence-corrected chi connectivity index (χ3v) is 3.57. The normalized spacial score (nSPS) is 14.3. The summed E-state index contributed by atoms with van der Waals surface area (Å²) in [5, 5.41) is 9.91. The van der Waals surface area contributed by atoms with Gasteiger partial charge in [0.15, 0.2) is 0 Å². The van der Waals surface area contributed by atoms with E-state index in [0.29, 0.717) is 6.04 Å². The van der Waals surface area contributed by atoms with E-state index in [1.807, 2.05) is 19.1 Å². The molecular formula is C16H27NO. The quantitative estimate of drug-likeness (QED) is 0.785. The van der Waals surface area contributed by atoms with Crippen molar-refractivity contribution in [3.05, 3.63) is 29.8 Å². The second-order valence-corrected chi connectivity index (χ2v) is 5.04. The van der Waals surface area contributed by atoms with Gasteiger partial charge >= 0.3 is 0 Å². The van der Waals surface area contributed by atoms with E-state index in [9.17, 15) is 5.11 Å². The van der Waals surface area contributed by atoms with Gasteiger partial charge in [-0.2, -0.15) is 0 Å². The van der Waals surface area contributed by atoms with Gasteiger partial charge < -0.3 is 10.0 Å². The van der Waals surface area contributed by atoms with Crippen LogP contribution in [0.25, 0.3) is 0 Å². The number of rotatable bonds is 7. The molecule has 2 unspecified atom stereocenters. The molecule has 0 fully saturated rings. The molecule has 0 aliphatic rings. The zero-order valence-corrected chi connectivity index (χ0v) is 12.2. The molecule has 0 amide bonds. The Morgan fingerprint density at radius 3 is 2.39 bits per heavy atom. The molecule has 0 radical (unpaired) electrons. The Balaban J connectivity index is 3.03. The molecule has 1 N–H and O–H groups in total. The Morgan fingerprint density at radius 1 is 1.17 bits per heavy atom. The van der Waals surface area contributed by atoms with E-state index >= 15 is 0 Å². The zero-order chi connectivity index (χ0) is 13.5. The Morgan fingerprint density at radius 2 is 1.83 bits per heavy atom. The highest BCUT2D eigenvalue weighted by Gasteiger charge is 2.17. The first-order valence-corrected chi connectivity index (χ1v) is 7.15. The molecule has 0 saturated heterocycles. The molecule has 18 heavy (non-hydrogen) atoms. The molecule has 0 aliphatic carbocycles. The van der Waals surface area contributed by atoms with Crippen LogP contribution in [0.2, 0.25) is 0 Å². The molecular weight excluding hydrogens is 222 g/mol. The van der Waals surface area contributed by atoms with Crippen LogP contribution in [0, 0.1) is 0 Å². The molecule has 0 heterocycles. The maximum absolute atomic E-state index is 9.91. The fraction of sp³-hybridized carbons (Fsp3) is 0.625. The van der Waals surface area contributed by atoms with Crippen LogP contribution in [0.3, 0.4) is 0 Å². The molecule has 1 rings (SSSR count). The van der Waals surface area contributed by atoms with Crippen LogP contribution in [0.1, 0.15) is 58.6 Å². The minimum Gasteiger partial charge on any atom is -0.389 e. The van der Waals surface area contributed by atoms with Crippen molar-refractivity contribution in [1.29, 1.82) is 0 Å². The first-order chi connectivity index (χ1) is 8.61. The van der Waals surface area contributed by atoms with Crippen LogP contribution >= 0.6 is 0 Å². The van der Waals surface area contributed by atoms with Gasteiger partial charge in [0.05, 0.1) is 6.10 Å². The summed E-state index contributed by atoms with van der Waals surface area (Å²) < 4.78 is 0. The van der Waals surface area contributed by atoms with Crippen molar-refractivity contribution < 1.29 is 5.11 Å². The number of unbranched alkanes of at least 4 members (excludes halogenated alkanes) is 1. The fourth-order valence-corrected chi connectivity index (χ4v) is 2.23. The number of nitrogens with zero attached hydrogens (tertiary/aromatic N) is 1. The lowest BCUT2D eigenvalue weighted by molar-refractivity contribution is 0.199. The van der Waals surface area contributed by atoms with E-state index in [1.54, 1.807) is 0 Å². The molecule has 1 aromatic rings. The van der Waals surface area contributed by atoms with Crippen LogP contribution in [0.5, 0.6) is 0 Å². The predicted molar refractivity (Wildman–Crippen MR) is 79.1 cm³/mol. The number of para-hydroxylation sites is 1. The lowest BCUT2D eigenvalue weighted by atomic mass is 10.0. The number of hydrogen-bond acceptors (Lipinski definition) is 2. The average molecular weight is 249 g/mol. The SMILES string of the molecule is CCCCN(c1ccccc1C(C)O)C(C)CC. The standard InChI is InChI=1S/C16H27NO/c1-5-7-12-17(13(3)6-2)16-11-9-8-10-15(16)14(4)18/h8-11,13-14,18H,5-7,12H2,1-4H3. The highest BCUT2D eigenvalue weighted by Crippen LogP contribution is 2.28. The summed E-state index contributed by atoms with van der Waals surface area (Å²) in [4.78, 5) is 2.44. The summed E-state index contributed by atoms with van der Waals surface area (Å²) in [5.74, 6) is 0. The molecule has 0 aromatic heterocycles. The number of anilines is 1. The monoisotopic (exact) mass is 249 g/mol. The molecule has 0 aliphatic heterocycles. The largest absolute Gasteiger partial charge is 0.389 e. The van der Waals surface area contributed by atoms with Crippen molar-refractivity contribution in [2.45, 2.75) is 59.1 Å². The van der Waals surface area contributed by atoms with E-state index in [4.69, 9.17) is 0 Å². The van der Waals surface area contributed by atoms with Crippen molar-refractivity contribution in [2.24, 2.45) is 0 Å². The summed E-state index contributed by atoms with van der Waals surface area (Å²) in [7, 11) is 0. The van der Waals surface area contributed by atoms with Gasteiger partial charge in [-0.15, -0.1) is 0 Å². The van der Waals surface area contributed by atoms with Crippen molar-refractivity contribution in [3.63, 3.8) is 0 Å². The van der Waals surface area contributed by atoms with E-state index in [2.05, 4.69) is 37.8 Å². The number of benzene rings is 1. The van der Waals surface area contributed by atoms with Gasteiger partial charge in [0.25, 0.3) is 0 Å². The first-order valence-electron chi connectivity index (χ1n) is 7.15. The van der Waals surface area contributed by atoms with Crippen LogP contribution in [-0.4, -0.2) is 17.7 Å². The minimum absolute atomic E-state index is 0.408. The van der Waals surface area contributed by atoms with Gasteiger partial charge in [-0.1, -0.05) is 38.5 Å². The maximum atomic E-state index is 9.91. The summed E-state index contributed by atoms with van der Waals surface area (Å²) in [6.07, 6.45) is 3.11. The fourth-order valence-electron chi connectivity index (χ4n) is 2.23. The van der Waals surface area contributed by atoms with Crippen LogP contribution in [0.4, 0.5) is 5.69 Å². The van der Waals surface area contributed by atoms with E-state index in [1.165, 1.54) is 18.5 Å². The van der Waals surface area contributed by atoms with Crippen molar-refractivity contribution in [3.8, 4) is 0 Å². The Kier molecular flexibility index (Phi) is 6.20. The lowest BCUT2D eigenvalue weighted by Crippen LogP contribution is -2.34. The van der Waals surface area contributed by atoms with Gasteiger partial charge in [-0.25, -0.2) is 0 Å². The van der Waals surface area contributed by atoms with E-state index < -0.39 is 6.10 Å². The van der Waals surface area contributed by atoms with Gasteiger partial charge in [-0.3, -0.25) is 0 Å². The van der Waals surface area contributed by atoms with Gasteiger partial charge in [0, 0.05) is 23.8 Å². The third-order valence-electron chi connectivity index (χ3n) is 3.57. The number of hydrogen-bond donors (Lipinski definition) is 1. The molecule has 2 heteroatoms. The van der Waals surface area contributed by atoms with E-state index in [-0.39, 0.29) is 0 Å². The Hall–Kier alpha value is -1.02. The molecule has 0 spiro atoms. The van der Waals surface area contributed by atoms with Gasteiger partial charge in [-0.05, 0) is 32.8 Å². The first kappa shape index (κ1) is 15.0. The molecule has 2 nitrogen and oxygen atoms in total. The Bertz CT molecular complexity index is 349. The van der Waals surface area contributed by atoms with Gasteiger partial charge in [0.2, 0.25) is 0 Å². The Labute approximate surface area is 112 Å². The molecule has 1 aromatic carbocycles. The molecule has 0 saturated carbocycles. The summed E-state index contributed by atoms with van der Waals surface area (Å²) in [6, 6.07) is 8.73. The number of aliphatic hydroxyl groups is 1. The van der Waals surface area contributed by atoms with Crippen LogP contribution in [-0.2, 0) is 0 Å². The molecule has 102 valence electrons. The zero-order valence-electron chi connectivity index (χ0n) is 12.2. The lowest BCUT2D eigenvalue weighted by Gasteiger charge is -2.33. The van der Waals surface area contributed by atoms with Crippen LogP contribution in [0.15, 0.2) is 24.3 Å². The highest BCUT2D eigenvalue weighted by atomic mass is 16.3. The second kappa shape index (κ2) is 7.42.